The molecule has 0 aliphatic carbocycles. The summed E-state index contributed by atoms with van der Waals surface area (Å²) in [5, 5.41) is 0. The molecule has 0 aromatic carbocycles. The summed E-state index contributed by atoms with van der Waals surface area (Å²) in [7, 11) is 0. The molecule has 0 aliphatic rings. The number of hydrogen-bond acceptors (Lipinski definition) is 3. The number of rotatable bonds is 2. The summed E-state index contributed by atoms with van der Waals surface area (Å²) in [5.41, 5.74) is 0. The molecule has 0 radical (unpaired) electrons. The van der Waals surface area contributed by atoms with Crippen LogP contribution in [0.3, 0.4) is 0 Å². The molecule has 0 saturated carbocycles. The van der Waals surface area contributed by atoms with Gasteiger partial charge >= 0.3 is 5.82 Å². The second-order valence-corrected chi connectivity index (χ2v) is 8.73. The van der Waals surface area contributed by atoms with Gasteiger partial charge in [-0.05, 0) is 19.1 Å². The molecule has 0 spiro atoms. The Morgan fingerprint density at radius 3 is 2.27 bits per heavy atom. The van der Waals surface area contributed by atoms with Crippen molar-refractivity contribution < 1.29 is 8.98 Å². The smallest absolute Gasteiger partial charge is 0.327 e. The van der Waals surface area contributed by atoms with E-state index in [0.717, 1.165) is 5.76 Å². The van der Waals surface area contributed by atoms with Crippen LogP contribution in [0.2, 0.25) is 0 Å². The number of halogens is 6. The first-order chi connectivity index (χ1) is 10.1. The predicted molar refractivity (Wildman–Crippen MR) is 89.4 cm³/mol. The molecule has 0 saturated heterocycles. The molecule has 2 heterocycles. The van der Waals surface area contributed by atoms with Gasteiger partial charge in [0, 0.05) is 6.08 Å². The van der Waals surface area contributed by atoms with Crippen molar-refractivity contribution >= 4 is 81.9 Å². The first-order valence-electron chi connectivity index (χ1n) is 5.74. The molecule has 4 nitrogen and oxygen atoms in total. The van der Waals surface area contributed by atoms with Crippen molar-refractivity contribution in [1.82, 2.24) is 9.97 Å². The summed E-state index contributed by atoms with van der Waals surface area (Å²) >= 11 is 34.9. The number of furan rings is 1. The highest BCUT2D eigenvalue weighted by Crippen LogP contribution is 2.39. The fourth-order valence-electron chi connectivity index (χ4n) is 1.51. The van der Waals surface area contributed by atoms with Gasteiger partial charge in [-0.1, -0.05) is 79.6 Å². The lowest BCUT2D eigenvalue weighted by Crippen LogP contribution is -2.39. The van der Waals surface area contributed by atoms with Gasteiger partial charge in [0.05, 0.1) is 6.20 Å². The van der Waals surface area contributed by atoms with Crippen LogP contribution in [0.5, 0.6) is 0 Å². The van der Waals surface area contributed by atoms with Crippen molar-refractivity contribution in [3.63, 3.8) is 0 Å². The lowest BCUT2D eigenvalue weighted by Gasteiger charge is -2.10. The van der Waals surface area contributed by atoms with Crippen molar-refractivity contribution in [2.24, 2.45) is 0 Å². The highest BCUT2D eigenvalue weighted by atomic mass is 35.6. The Morgan fingerprint density at radius 2 is 1.77 bits per heavy atom. The quantitative estimate of drug-likeness (QED) is 0.508. The van der Waals surface area contributed by atoms with E-state index in [1.54, 1.807) is 18.3 Å². The highest BCUT2D eigenvalue weighted by molar-refractivity contribution is 6.67. The standard InChI is InChI=1S/C12H8Cl6N3O/c1-7-2-3-8(22-7)4-5-21-6-19-9(11(13,14)15)20-10(21)12(16,17)18/h2-6H,1H3/q+1/b5-4+. The Bertz CT molecular complexity index is 702. The molecule has 0 bridgehead atoms. The van der Waals surface area contributed by atoms with E-state index in [2.05, 4.69) is 9.97 Å². The highest BCUT2D eigenvalue weighted by Gasteiger charge is 2.40. The van der Waals surface area contributed by atoms with Crippen molar-refractivity contribution in [2.75, 3.05) is 0 Å². The molecule has 0 unspecified atom stereocenters. The first-order valence-corrected chi connectivity index (χ1v) is 8.01. The fourth-order valence-corrected chi connectivity index (χ4v) is 2.20. The van der Waals surface area contributed by atoms with Crippen LogP contribution in [0, 0.1) is 6.92 Å². The maximum absolute atomic E-state index is 5.90. The van der Waals surface area contributed by atoms with Gasteiger partial charge in [0.1, 0.15) is 11.5 Å². The number of alkyl halides is 6. The Balaban J connectivity index is 2.44. The molecule has 0 atom stereocenters. The average Bonchev–Trinajstić information content (AvgIpc) is 2.80. The van der Waals surface area contributed by atoms with Gasteiger partial charge in [-0.15, -0.1) is 0 Å². The number of aromatic nitrogens is 3. The van der Waals surface area contributed by atoms with E-state index < -0.39 is 7.59 Å². The third-order valence-electron chi connectivity index (χ3n) is 2.43. The Kier molecular flexibility index (Phi) is 5.53. The van der Waals surface area contributed by atoms with Gasteiger partial charge in [0.25, 0.3) is 13.4 Å². The van der Waals surface area contributed by atoms with Gasteiger partial charge in [0.2, 0.25) is 6.33 Å². The minimum Gasteiger partial charge on any atom is -0.462 e. The number of hydrogen-bond donors (Lipinski definition) is 0. The van der Waals surface area contributed by atoms with Crippen molar-refractivity contribution in [2.45, 2.75) is 14.5 Å². The molecule has 2 aromatic heterocycles. The molecule has 0 N–H and O–H groups in total. The zero-order chi connectivity index (χ0) is 16.5. The van der Waals surface area contributed by atoms with Crippen LogP contribution in [0.1, 0.15) is 23.2 Å². The third kappa shape index (κ3) is 4.63. The maximum atomic E-state index is 5.90. The minimum absolute atomic E-state index is 0.0216. The summed E-state index contributed by atoms with van der Waals surface area (Å²) in [6.07, 6.45) is 4.55. The van der Waals surface area contributed by atoms with E-state index >= 15 is 0 Å². The van der Waals surface area contributed by atoms with Crippen LogP contribution in [0.25, 0.3) is 12.3 Å². The molecule has 2 aromatic rings. The molecule has 118 valence electrons. The van der Waals surface area contributed by atoms with E-state index in [1.807, 2.05) is 13.0 Å². The minimum atomic E-state index is -1.84. The molecular formula is C12H8Cl6N3O+. The first kappa shape index (κ1) is 18.1. The summed E-state index contributed by atoms with van der Waals surface area (Å²) < 4.78 is 3.13. The molecule has 0 fully saturated rings. The van der Waals surface area contributed by atoms with Crippen LogP contribution in [-0.2, 0) is 7.59 Å². The number of aryl methyl sites for hydroxylation is 1. The summed E-state index contributed by atoms with van der Waals surface area (Å²) in [6, 6.07) is 3.61. The van der Waals surface area contributed by atoms with Crippen molar-refractivity contribution in [3.8, 4) is 0 Å². The zero-order valence-electron chi connectivity index (χ0n) is 10.9. The lowest BCUT2D eigenvalue weighted by molar-refractivity contribution is -0.584. The zero-order valence-corrected chi connectivity index (χ0v) is 15.4. The number of nitrogens with zero attached hydrogens (tertiary/aromatic N) is 3. The van der Waals surface area contributed by atoms with Crippen LogP contribution in [-0.4, -0.2) is 9.97 Å². The van der Waals surface area contributed by atoms with Crippen LogP contribution >= 0.6 is 69.6 Å². The Morgan fingerprint density at radius 1 is 1.09 bits per heavy atom. The predicted octanol–water partition coefficient (Wildman–Crippen LogP) is 4.95. The molecular weight excluding hydrogens is 415 g/mol. The van der Waals surface area contributed by atoms with E-state index in [0.29, 0.717) is 5.76 Å². The second kappa shape index (κ2) is 6.71. The van der Waals surface area contributed by atoms with E-state index in [-0.39, 0.29) is 11.6 Å². The largest absolute Gasteiger partial charge is 0.462 e. The lowest BCUT2D eigenvalue weighted by atomic mass is 10.4. The van der Waals surface area contributed by atoms with Crippen molar-refractivity contribution in [1.29, 1.82) is 0 Å². The summed E-state index contributed by atoms with van der Waals surface area (Å²) in [4.78, 5) is 7.95. The Labute approximate surface area is 156 Å². The van der Waals surface area contributed by atoms with E-state index in [4.69, 9.17) is 74.0 Å². The third-order valence-corrected chi connectivity index (χ3v) is 3.44. The van der Waals surface area contributed by atoms with Crippen molar-refractivity contribution in [3.05, 3.63) is 41.6 Å². The molecule has 22 heavy (non-hydrogen) atoms. The van der Waals surface area contributed by atoms with Gasteiger partial charge in [-0.3, -0.25) is 0 Å². The SMILES string of the molecule is Cc1ccc(/C=C/[n+]2cnc(C(Cl)(Cl)Cl)nc2C(Cl)(Cl)Cl)o1. The van der Waals surface area contributed by atoms with Gasteiger partial charge in [-0.2, -0.15) is 0 Å². The van der Waals surface area contributed by atoms with Crippen LogP contribution in [0.15, 0.2) is 22.9 Å². The molecule has 10 heteroatoms. The van der Waals surface area contributed by atoms with Gasteiger partial charge < -0.3 is 4.42 Å². The average molecular weight is 423 g/mol. The van der Waals surface area contributed by atoms with Crippen LogP contribution in [0.4, 0.5) is 0 Å². The molecule has 0 amide bonds. The second-order valence-electron chi connectivity index (χ2n) is 4.17. The molecule has 0 aliphatic heterocycles. The fraction of sp³-hybridized carbons (Fsp3) is 0.250. The molecule has 2 rings (SSSR count). The maximum Gasteiger partial charge on any atom is 0.327 e. The Hall–Kier alpha value is -0.230. The van der Waals surface area contributed by atoms with Gasteiger partial charge in [0.15, 0.2) is 0 Å². The van der Waals surface area contributed by atoms with E-state index in [1.165, 1.54) is 10.9 Å². The monoisotopic (exact) mass is 420 g/mol. The van der Waals surface area contributed by atoms with Crippen LogP contribution < -0.4 is 4.57 Å². The summed E-state index contributed by atoms with van der Waals surface area (Å²) in [6.45, 7) is 1.83. The van der Waals surface area contributed by atoms with E-state index in [9.17, 15) is 0 Å². The van der Waals surface area contributed by atoms with Gasteiger partial charge in [-0.25, -0.2) is 4.57 Å². The summed E-state index contributed by atoms with van der Waals surface area (Å²) in [5.74, 6) is 1.31. The topological polar surface area (TPSA) is 42.8 Å². The normalized spacial score (nSPS) is 13.0.